The number of carbonyl (C=O) groups is 2. The summed E-state index contributed by atoms with van der Waals surface area (Å²) >= 11 is 0. The van der Waals surface area contributed by atoms with E-state index in [9.17, 15) is 9.59 Å². The average Bonchev–Trinajstić information content (AvgIpc) is 2.62. The Morgan fingerprint density at radius 1 is 1.00 bits per heavy atom. The maximum atomic E-state index is 13.2. The summed E-state index contributed by atoms with van der Waals surface area (Å²) in [7, 11) is 1.72. The molecule has 0 spiro atoms. The summed E-state index contributed by atoms with van der Waals surface area (Å²) in [4.78, 5) is 25.8. The van der Waals surface area contributed by atoms with Gasteiger partial charge in [0, 0.05) is 5.56 Å². The summed E-state index contributed by atoms with van der Waals surface area (Å²) in [6, 6.07) is 13.1. The number of hydrogen-bond acceptors (Lipinski definition) is 4. The Morgan fingerprint density at radius 3 is 2.04 bits per heavy atom. The van der Waals surface area contributed by atoms with Crippen molar-refractivity contribution in [1.82, 2.24) is 0 Å². The maximum Gasteiger partial charge on any atom is 0.321 e. The van der Waals surface area contributed by atoms with Crippen LogP contribution in [0.4, 0.5) is 0 Å². The number of hydrogen-bond donors (Lipinski definition) is 0. The van der Waals surface area contributed by atoms with Crippen molar-refractivity contribution in [1.29, 1.82) is 0 Å². The largest absolute Gasteiger partial charge is 0.465 e. The highest BCUT2D eigenvalue weighted by molar-refractivity contribution is 7.00. The molecule has 2 aromatic carbocycles. The molecule has 2 aromatic rings. The Morgan fingerprint density at radius 2 is 1.54 bits per heavy atom. The van der Waals surface area contributed by atoms with Crippen LogP contribution in [-0.2, 0) is 14.1 Å². The summed E-state index contributed by atoms with van der Waals surface area (Å²) in [5.74, 6) is -1.59. The Labute approximate surface area is 157 Å². The lowest BCUT2D eigenvalue weighted by Gasteiger charge is -2.18. The number of aryl methyl sites for hydroxylation is 3. The minimum Gasteiger partial charge on any atom is -0.465 e. The van der Waals surface area contributed by atoms with Crippen molar-refractivity contribution in [2.24, 2.45) is 0 Å². The average molecular weight is 372 g/mol. The first-order valence-electron chi connectivity index (χ1n) is 8.49. The van der Waals surface area contributed by atoms with Crippen LogP contribution in [0.3, 0.4) is 0 Å². The molecule has 5 heteroatoms. The Balaban J connectivity index is 0.00000163. The molecule has 0 amide bonds. The van der Waals surface area contributed by atoms with E-state index >= 15 is 0 Å². The predicted octanol–water partition coefficient (Wildman–Crippen LogP) is 5.01. The third kappa shape index (κ3) is 5.34. The highest BCUT2D eigenvalue weighted by atomic mass is 31.0. The van der Waals surface area contributed by atoms with Crippen LogP contribution < -0.4 is 0 Å². The Kier molecular flexibility index (Phi) is 8.87. The predicted molar refractivity (Wildman–Crippen MR) is 104 cm³/mol. The topological polar surface area (TPSA) is 60.4 Å². The van der Waals surface area contributed by atoms with Gasteiger partial charge >= 0.3 is 5.97 Å². The van der Waals surface area contributed by atoms with Gasteiger partial charge in [-0.1, -0.05) is 55.0 Å². The van der Waals surface area contributed by atoms with Gasteiger partial charge in [-0.25, -0.2) is 0 Å². The number of benzene rings is 2. The van der Waals surface area contributed by atoms with Crippen molar-refractivity contribution in [3.05, 3.63) is 70.3 Å². The summed E-state index contributed by atoms with van der Waals surface area (Å²) in [6.45, 7) is 8.07. The molecule has 138 valence electrons. The summed E-state index contributed by atoms with van der Waals surface area (Å²) in [6.07, 6.45) is 0.726. The van der Waals surface area contributed by atoms with Crippen LogP contribution >= 0.6 is 9.12 Å². The first-order valence-corrected chi connectivity index (χ1v) is 8.90. The zero-order valence-electron chi connectivity index (χ0n) is 15.7. The van der Waals surface area contributed by atoms with E-state index in [2.05, 4.69) is 0 Å². The first kappa shape index (κ1) is 21.7. The summed E-state index contributed by atoms with van der Waals surface area (Å²) in [5.41, 5.74) is 4.17. The van der Waals surface area contributed by atoms with E-state index in [1.807, 2.05) is 58.0 Å². The van der Waals surface area contributed by atoms with E-state index in [1.165, 1.54) is 0 Å². The van der Waals surface area contributed by atoms with Crippen LogP contribution in [0, 0.1) is 20.8 Å². The second-order valence-electron chi connectivity index (χ2n) is 6.15. The van der Waals surface area contributed by atoms with Crippen LogP contribution in [0.25, 0.3) is 0 Å². The van der Waals surface area contributed by atoms with E-state index < -0.39 is 11.9 Å². The number of carbonyl (C=O) groups excluding carboxylic acids is 2. The fourth-order valence-corrected chi connectivity index (χ4v) is 3.04. The fraction of sp³-hybridized carbons (Fsp3) is 0.333. The molecule has 0 aliphatic rings. The lowest BCUT2D eigenvalue weighted by atomic mass is 9.86. The van der Waals surface area contributed by atoms with Crippen LogP contribution in [0.2, 0.25) is 0 Å². The minimum atomic E-state index is -0.919. The number of ether oxygens (including phenoxy) is 1. The molecule has 0 fully saturated rings. The van der Waals surface area contributed by atoms with Gasteiger partial charge < -0.3 is 4.74 Å². The van der Waals surface area contributed by atoms with Crippen molar-refractivity contribution in [3.63, 3.8) is 0 Å². The smallest absolute Gasteiger partial charge is 0.321 e. The molecular formula is C21H25O4P. The molecule has 0 radical (unpaired) electrons. The number of Topliss-reactive ketones (excluding diaryl/α,β-unsaturated/α-hetero) is 1. The number of esters is 1. The van der Waals surface area contributed by atoms with E-state index in [-0.39, 0.29) is 5.78 Å². The molecule has 0 saturated carbocycles. The molecule has 1 atom stereocenters. The van der Waals surface area contributed by atoms with Gasteiger partial charge in [-0.05, 0) is 43.9 Å². The summed E-state index contributed by atoms with van der Waals surface area (Å²) in [5, 5.41) is 0. The van der Waals surface area contributed by atoms with E-state index in [0.717, 1.165) is 23.1 Å². The van der Waals surface area contributed by atoms with Crippen LogP contribution in [-0.4, -0.2) is 18.4 Å². The van der Waals surface area contributed by atoms with Crippen molar-refractivity contribution < 1.29 is 18.9 Å². The van der Waals surface area contributed by atoms with Gasteiger partial charge in [-0.3, -0.25) is 14.2 Å². The van der Waals surface area contributed by atoms with Crippen molar-refractivity contribution in [3.8, 4) is 0 Å². The lowest BCUT2D eigenvalue weighted by molar-refractivity contribution is -0.144. The van der Waals surface area contributed by atoms with Crippen LogP contribution in [0.1, 0.15) is 51.9 Å². The molecule has 0 aliphatic heterocycles. The lowest BCUT2D eigenvalue weighted by Crippen LogP contribution is -2.26. The van der Waals surface area contributed by atoms with Crippen LogP contribution in [0.5, 0.6) is 0 Å². The number of ketones is 1. The Hall–Kier alpha value is -2.32. The third-order valence-electron chi connectivity index (χ3n) is 4.00. The molecule has 2 rings (SSSR count). The van der Waals surface area contributed by atoms with Gasteiger partial charge in [-0.2, -0.15) is 0 Å². The molecule has 0 aliphatic carbocycles. The van der Waals surface area contributed by atoms with Gasteiger partial charge in [0.25, 0.3) is 0 Å². The quantitative estimate of drug-likeness (QED) is 0.310. The minimum absolute atomic E-state index is 0.197. The third-order valence-corrected chi connectivity index (χ3v) is 4.00. The zero-order chi connectivity index (χ0) is 19.7. The number of rotatable bonds is 6. The molecule has 0 bridgehead atoms. The van der Waals surface area contributed by atoms with Gasteiger partial charge in [0.2, 0.25) is 0 Å². The molecule has 0 N–H and O–H groups in total. The van der Waals surface area contributed by atoms with Crippen molar-refractivity contribution in [2.75, 3.05) is 6.61 Å². The first-order chi connectivity index (χ1) is 12.5. The standard InChI is InChI=1S/C21H24O3.HOP/c1-5-11-24-21(23)19(17-9-7-6-8-10-17)20(22)18-15(3)12-14(2)13-16(18)4;1-2/h6-10,12-13,19H,5,11H2,1-4H3;2H. The van der Waals surface area contributed by atoms with E-state index in [4.69, 9.17) is 9.30 Å². The van der Waals surface area contributed by atoms with E-state index in [0.29, 0.717) is 17.7 Å². The normalized spacial score (nSPS) is 11.1. The highest BCUT2D eigenvalue weighted by Crippen LogP contribution is 2.27. The maximum absolute atomic E-state index is 13.2. The van der Waals surface area contributed by atoms with Crippen molar-refractivity contribution >= 4 is 20.9 Å². The second-order valence-corrected chi connectivity index (χ2v) is 6.15. The van der Waals surface area contributed by atoms with Gasteiger partial charge in [0.05, 0.1) is 6.61 Å². The Bertz CT molecular complexity index is 733. The molecule has 0 heterocycles. The van der Waals surface area contributed by atoms with Gasteiger partial charge in [0.1, 0.15) is 15.0 Å². The molecule has 4 nitrogen and oxygen atoms in total. The molecule has 0 aromatic heterocycles. The molecule has 26 heavy (non-hydrogen) atoms. The highest BCUT2D eigenvalue weighted by Gasteiger charge is 2.32. The zero-order valence-corrected chi connectivity index (χ0v) is 16.7. The van der Waals surface area contributed by atoms with Crippen molar-refractivity contribution in [2.45, 2.75) is 40.0 Å². The second kappa shape index (κ2) is 10.6. The van der Waals surface area contributed by atoms with E-state index in [1.54, 1.807) is 21.3 Å². The summed E-state index contributed by atoms with van der Waals surface area (Å²) < 4.78 is 13.3. The molecule has 0 saturated heterocycles. The fourth-order valence-electron chi connectivity index (χ4n) is 3.04. The monoisotopic (exact) mass is 372 g/mol. The SMILES string of the molecule is CCCOC(=O)C(C(=O)c1c(C)cc(C)cc1C)c1ccccc1.O=P. The van der Waals surface area contributed by atoms with Crippen LogP contribution in [0.15, 0.2) is 42.5 Å². The van der Waals surface area contributed by atoms with Gasteiger partial charge in [-0.15, -0.1) is 0 Å². The molecule has 1 unspecified atom stereocenters. The molecular weight excluding hydrogens is 347 g/mol. The van der Waals surface area contributed by atoms with Gasteiger partial charge in [0.15, 0.2) is 5.78 Å².